The molecule has 3 aromatic heterocycles. The van der Waals surface area contributed by atoms with Gasteiger partial charge in [-0.3, -0.25) is 0 Å². The molecule has 166 valence electrons. The predicted octanol–water partition coefficient (Wildman–Crippen LogP) is 7.02. The van der Waals surface area contributed by atoms with Crippen molar-refractivity contribution in [2.45, 2.75) is 13.1 Å². The molecule has 0 saturated carbocycles. The average molecular weight is 466 g/mol. The number of rotatable bonds is 4. The molecule has 3 heterocycles. The number of fused-ring (bicyclic) bond motifs is 2. The Balaban J connectivity index is 1.57. The van der Waals surface area contributed by atoms with Crippen molar-refractivity contribution in [2.24, 2.45) is 0 Å². The molecule has 5 rings (SSSR count). The molecule has 2 aromatic carbocycles. The van der Waals surface area contributed by atoms with Crippen molar-refractivity contribution in [2.75, 3.05) is 17.7 Å². The van der Waals surface area contributed by atoms with Crippen molar-refractivity contribution < 1.29 is 13.2 Å². The third-order valence-corrected chi connectivity index (χ3v) is 6.45. The Bertz CT molecular complexity index is 1490. The van der Waals surface area contributed by atoms with Crippen LogP contribution in [0.4, 0.5) is 30.6 Å². The van der Waals surface area contributed by atoms with Crippen LogP contribution in [0.5, 0.6) is 0 Å². The van der Waals surface area contributed by atoms with Crippen molar-refractivity contribution in [1.82, 2.24) is 15.0 Å². The van der Waals surface area contributed by atoms with Gasteiger partial charge in [-0.2, -0.15) is 13.2 Å². The van der Waals surface area contributed by atoms with Gasteiger partial charge in [-0.15, -0.1) is 11.3 Å². The monoisotopic (exact) mass is 465 g/mol. The minimum Gasteiger partial charge on any atom is -0.357 e. The smallest absolute Gasteiger partial charge is 0.357 e. The highest BCUT2D eigenvalue weighted by molar-refractivity contribution is 7.20. The molecule has 0 aliphatic carbocycles. The summed E-state index contributed by atoms with van der Waals surface area (Å²) >= 11 is 1.55. The summed E-state index contributed by atoms with van der Waals surface area (Å²) in [4.78, 5) is 14.2. The molecule has 0 radical (unpaired) electrons. The molecular weight excluding hydrogens is 447 g/mol. The van der Waals surface area contributed by atoms with Crippen LogP contribution in [0.15, 0.2) is 60.9 Å². The van der Waals surface area contributed by atoms with Crippen molar-refractivity contribution >= 4 is 49.8 Å². The van der Waals surface area contributed by atoms with Gasteiger partial charge in [0.1, 0.15) is 5.82 Å². The highest BCUT2D eigenvalue weighted by atomic mass is 32.1. The van der Waals surface area contributed by atoms with E-state index in [4.69, 9.17) is 0 Å². The standard InChI is InChI=1S/C24H18F3N5S/c1-13-20(14-6-7-19-15(10-14)12-30-23(28-2)32-19)18-8-9-29-22(21(18)33-13)31-17-5-3-4-16(11-17)24(25,26)27/h3-12H,1-2H3,(H,29,31)(H,28,30,32). The molecule has 5 nitrogen and oxygen atoms in total. The average Bonchev–Trinajstić information content (AvgIpc) is 3.15. The van der Waals surface area contributed by atoms with E-state index in [0.29, 0.717) is 17.5 Å². The summed E-state index contributed by atoms with van der Waals surface area (Å²) in [6.45, 7) is 2.03. The van der Waals surface area contributed by atoms with E-state index >= 15 is 0 Å². The minimum atomic E-state index is -4.41. The predicted molar refractivity (Wildman–Crippen MR) is 127 cm³/mol. The molecular formula is C24H18F3N5S. The Morgan fingerprint density at radius 2 is 1.85 bits per heavy atom. The zero-order valence-corrected chi connectivity index (χ0v) is 18.5. The summed E-state index contributed by atoms with van der Waals surface area (Å²) in [6, 6.07) is 13.1. The van der Waals surface area contributed by atoms with Crippen LogP contribution in [-0.2, 0) is 6.18 Å². The van der Waals surface area contributed by atoms with Crippen LogP contribution >= 0.6 is 11.3 Å². The van der Waals surface area contributed by atoms with Gasteiger partial charge in [-0.1, -0.05) is 12.1 Å². The van der Waals surface area contributed by atoms with Gasteiger partial charge in [0.05, 0.1) is 15.8 Å². The van der Waals surface area contributed by atoms with Crippen LogP contribution in [0, 0.1) is 6.92 Å². The quantitative estimate of drug-likeness (QED) is 0.299. The number of halogens is 3. The zero-order valence-electron chi connectivity index (χ0n) is 17.7. The maximum Gasteiger partial charge on any atom is 0.416 e. The van der Waals surface area contributed by atoms with Crippen LogP contribution in [0.25, 0.3) is 32.1 Å². The maximum atomic E-state index is 13.1. The molecule has 5 aromatic rings. The minimum absolute atomic E-state index is 0.334. The molecule has 0 unspecified atom stereocenters. The van der Waals surface area contributed by atoms with Gasteiger partial charge in [0, 0.05) is 46.3 Å². The molecule has 0 bridgehead atoms. The number of benzene rings is 2. The van der Waals surface area contributed by atoms with Gasteiger partial charge in [0.25, 0.3) is 0 Å². The molecule has 9 heteroatoms. The van der Waals surface area contributed by atoms with Gasteiger partial charge >= 0.3 is 6.18 Å². The number of aryl methyl sites for hydroxylation is 1. The van der Waals surface area contributed by atoms with Gasteiger partial charge in [0.2, 0.25) is 5.95 Å². The fourth-order valence-corrected chi connectivity index (χ4v) is 4.93. The molecule has 0 aliphatic rings. The van der Waals surface area contributed by atoms with E-state index in [1.165, 1.54) is 6.07 Å². The summed E-state index contributed by atoms with van der Waals surface area (Å²) in [5.74, 6) is 1.08. The van der Waals surface area contributed by atoms with Crippen LogP contribution in [0.3, 0.4) is 0 Å². The topological polar surface area (TPSA) is 62.7 Å². The SMILES string of the molecule is CNc1ncc2cc(-c3c(C)sc4c(Nc5cccc(C(F)(F)F)c5)nccc34)ccc2n1. The van der Waals surface area contributed by atoms with Gasteiger partial charge in [-0.25, -0.2) is 15.0 Å². The van der Waals surface area contributed by atoms with E-state index in [0.717, 1.165) is 49.1 Å². The number of nitrogens with zero attached hydrogens (tertiary/aromatic N) is 3. The molecule has 33 heavy (non-hydrogen) atoms. The molecule has 2 N–H and O–H groups in total. The first-order valence-corrected chi connectivity index (χ1v) is 10.9. The lowest BCUT2D eigenvalue weighted by Gasteiger charge is -2.11. The number of hydrogen-bond donors (Lipinski definition) is 2. The number of aromatic nitrogens is 3. The number of alkyl halides is 3. The van der Waals surface area contributed by atoms with Crippen molar-refractivity contribution in [3.05, 3.63) is 71.4 Å². The van der Waals surface area contributed by atoms with Crippen LogP contribution < -0.4 is 10.6 Å². The Morgan fingerprint density at radius 3 is 2.64 bits per heavy atom. The summed E-state index contributed by atoms with van der Waals surface area (Å²) in [5.41, 5.74) is 2.54. The first-order valence-electron chi connectivity index (χ1n) is 10.1. The lowest BCUT2D eigenvalue weighted by Crippen LogP contribution is -2.05. The van der Waals surface area contributed by atoms with E-state index in [-0.39, 0.29) is 0 Å². The fourth-order valence-electron chi connectivity index (χ4n) is 3.81. The van der Waals surface area contributed by atoms with E-state index in [2.05, 4.69) is 25.6 Å². The van der Waals surface area contributed by atoms with E-state index < -0.39 is 11.7 Å². The molecule has 0 amide bonds. The molecule has 0 saturated heterocycles. The second kappa shape index (κ2) is 8.00. The summed E-state index contributed by atoms with van der Waals surface area (Å²) in [7, 11) is 1.77. The van der Waals surface area contributed by atoms with Crippen LogP contribution in [0.1, 0.15) is 10.4 Å². The first kappa shape index (κ1) is 21.1. The van der Waals surface area contributed by atoms with Crippen molar-refractivity contribution in [1.29, 1.82) is 0 Å². The van der Waals surface area contributed by atoms with Crippen LogP contribution in [0.2, 0.25) is 0 Å². The number of hydrogen-bond acceptors (Lipinski definition) is 6. The lowest BCUT2D eigenvalue weighted by molar-refractivity contribution is -0.137. The third-order valence-electron chi connectivity index (χ3n) is 5.33. The second-order valence-corrected chi connectivity index (χ2v) is 8.72. The van der Waals surface area contributed by atoms with Gasteiger partial charge in [-0.05, 0) is 48.9 Å². The fraction of sp³-hybridized carbons (Fsp3) is 0.125. The number of anilines is 3. The highest BCUT2D eigenvalue weighted by Crippen LogP contribution is 2.42. The van der Waals surface area contributed by atoms with Crippen LogP contribution in [-0.4, -0.2) is 22.0 Å². The number of thiophene rings is 1. The van der Waals surface area contributed by atoms with Crippen molar-refractivity contribution in [3.63, 3.8) is 0 Å². The van der Waals surface area contributed by atoms with Gasteiger partial charge < -0.3 is 10.6 Å². The third kappa shape index (κ3) is 3.95. The molecule has 0 fully saturated rings. The number of nitrogens with one attached hydrogen (secondary N) is 2. The second-order valence-electron chi connectivity index (χ2n) is 7.49. The first-order chi connectivity index (χ1) is 15.8. The maximum absolute atomic E-state index is 13.1. The normalized spacial score (nSPS) is 11.8. The van der Waals surface area contributed by atoms with E-state index in [1.807, 2.05) is 31.2 Å². The number of pyridine rings is 1. The highest BCUT2D eigenvalue weighted by Gasteiger charge is 2.30. The van der Waals surface area contributed by atoms with E-state index in [9.17, 15) is 13.2 Å². The van der Waals surface area contributed by atoms with Crippen molar-refractivity contribution in [3.8, 4) is 11.1 Å². The van der Waals surface area contributed by atoms with Gasteiger partial charge in [0.15, 0.2) is 0 Å². The summed E-state index contributed by atoms with van der Waals surface area (Å²) < 4.78 is 40.2. The zero-order chi connectivity index (χ0) is 23.2. The molecule has 0 spiro atoms. The largest absolute Gasteiger partial charge is 0.416 e. The Morgan fingerprint density at radius 1 is 1.00 bits per heavy atom. The Labute approximate surface area is 191 Å². The molecule has 0 atom stereocenters. The molecule has 0 aliphatic heterocycles. The summed E-state index contributed by atoms with van der Waals surface area (Å²) in [5, 5.41) is 7.90. The lowest BCUT2D eigenvalue weighted by atomic mass is 10.0. The van der Waals surface area contributed by atoms with E-state index in [1.54, 1.807) is 36.8 Å². The Hall–Kier alpha value is -3.72. The Kier molecular flexibility index (Phi) is 5.13. The summed E-state index contributed by atoms with van der Waals surface area (Å²) in [6.07, 6.45) is -0.960.